The SMILES string of the molecule is CC1CCN(Cc2ccccc2CNC(=O)C[C@@H]2CCC[C@H]2N)CC1.Cl.Cl. The minimum absolute atomic E-state index is 0. The Bertz CT molecular complexity index is 576. The minimum atomic E-state index is 0. The average Bonchev–Trinajstić information content (AvgIpc) is 3.01. The number of nitrogens with one attached hydrogen (secondary N) is 1. The van der Waals surface area contributed by atoms with E-state index in [1.54, 1.807) is 0 Å². The Hall–Kier alpha value is -0.810. The van der Waals surface area contributed by atoms with Crippen molar-refractivity contribution >= 4 is 30.7 Å². The fourth-order valence-corrected chi connectivity index (χ4v) is 4.17. The highest BCUT2D eigenvalue weighted by Crippen LogP contribution is 2.26. The van der Waals surface area contributed by atoms with Gasteiger partial charge >= 0.3 is 0 Å². The van der Waals surface area contributed by atoms with Gasteiger partial charge in [0, 0.05) is 25.6 Å². The number of hydrogen-bond acceptors (Lipinski definition) is 3. The molecule has 3 N–H and O–H groups in total. The first-order valence-electron chi connectivity index (χ1n) is 9.93. The van der Waals surface area contributed by atoms with E-state index in [9.17, 15) is 4.79 Å². The van der Waals surface area contributed by atoms with Gasteiger partial charge in [-0.3, -0.25) is 9.69 Å². The van der Waals surface area contributed by atoms with Gasteiger partial charge in [0.25, 0.3) is 0 Å². The summed E-state index contributed by atoms with van der Waals surface area (Å²) >= 11 is 0. The molecule has 0 bridgehead atoms. The maximum Gasteiger partial charge on any atom is 0.220 e. The lowest BCUT2D eigenvalue weighted by atomic mass is 9.98. The zero-order chi connectivity index (χ0) is 17.6. The van der Waals surface area contributed by atoms with Crippen molar-refractivity contribution < 1.29 is 4.79 Å². The molecular weight excluding hydrogens is 381 g/mol. The Morgan fingerprint density at radius 1 is 1.11 bits per heavy atom. The highest BCUT2D eigenvalue weighted by atomic mass is 35.5. The fraction of sp³-hybridized carbons (Fsp3) is 0.667. The number of carbonyl (C=O) groups is 1. The summed E-state index contributed by atoms with van der Waals surface area (Å²) in [5.74, 6) is 1.36. The zero-order valence-electron chi connectivity index (χ0n) is 16.4. The maximum absolute atomic E-state index is 12.3. The number of nitrogens with zero attached hydrogens (tertiary/aromatic N) is 1. The lowest BCUT2D eigenvalue weighted by molar-refractivity contribution is -0.122. The summed E-state index contributed by atoms with van der Waals surface area (Å²) in [6.07, 6.45) is 6.48. The van der Waals surface area contributed by atoms with Crippen LogP contribution in [0.25, 0.3) is 0 Å². The van der Waals surface area contributed by atoms with Crippen molar-refractivity contribution in [1.82, 2.24) is 10.2 Å². The van der Waals surface area contributed by atoms with Crippen LogP contribution < -0.4 is 11.1 Å². The second-order valence-corrected chi connectivity index (χ2v) is 8.06. The molecule has 0 aromatic heterocycles. The Kier molecular flexibility index (Phi) is 10.7. The van der Waals surface area contributed by atoms with Gasteiger partial charge < -0.3 is 11.1 Å². The lowest BCUT2D eigenvalue weighted by Crippen LogP contribution is -2.33. The number of halogens is 2. The Morgan fingerprint density at radius 3 is 2.41 bits per heavy atom. The number of rotatable bonds is 6. The van der Waals surface area contributed by atoms with E-state index in [0.29, 0.717) is 18.9 Å². The van der Waals surface area contributed by atoms with Gasteiger partial charge in [0.15, 0.2) is 0 Å². The van der Waals surface area contributed by atoms with Crippen LogP contribution >= 0.6 is 24.8 Å². The van der Waals surface area contributed by atoms with Crippen LogP contribution in [0, 0.1) is 11.8 Å². The second kappa shape index (κ2) is 11.9. The molecule has 6 heteroatoms. The summed E-state index contributed by atoms with van der Waals surface area (Å²) in [6.45, 7) is 6.33. The molecule has 0 unspecified atom stereocenters. The van der Waals surface area contributed by atoms with Gasteiger partial charge in [-0.1, -0.05) is 37.6 Å². The first-order valence-corrected chi connectivity index (χ1v) is 9.93. The molecule has 2 atom stereocenters. The van der Waals surface area contributed by atoms with Crippen molar-refractivity contribution in [2.45, 2.75) is 64.6 Å². The number of nitrogens with two attached hydrogens (primary N) is 1. The zero-order valence-corrected chi connectivity index (χ0v) is 18.0. The molecule has 1 heterocycles. The van der Waals surface area contributed by atoms with Gasteiger partial charge in [-0.25, -0.2) is 0 Å². The van der Waals surface area contributed by atoms with Crippen LogP contribution in [0.1, 0.15) is 56.6 Å². The Labute approximate surface area is 176 Å². The highest BCUT2D eigenvalue weighted by Gasteiger charge is 2.26. The number of piperidine rings is 1. The summed E-state index contributed by atoms with van der Waals surface area (Å²) < 4.78 is 0. The standard InChI is InChI=1S/C21H33N3O.2ClH/c1-16-9-11-24(12-10-16)15-19-6-3-2-5-18(19)14-23-21(25)13-17-7-4-8-20(17)22;;/h2-3,5-6,16-17,20H,4,7-15,22H2,1H3,(H,23,25);2*1H/t17-,20+;;/m0../s1. The molecule has 154 valence electrons. The third-order valence-electron chi connectivity index (χ3n) is 6.03. The summed E-state index contributed by atoms with van der Waals surface area (Å²) in [4.78, 5) is 14.8. The lowest BCUT2D eigenvalue weighted by Gasteiger charge is -2.30. The fourth-order valence-electron chi connectivity index (χ4n) is 4.17. The van der Waals surface area contributed by atoms with Crippen LogP contribution in [-0.4, -0.2) is 29.9 Å². The molecule has 1 saturated carbocycles. The van der Waals surface area contributed by atoms with Crippen molar-refractivity contribution in [3.05, 3.63) is 35.4 Å². The summed E-state index contributed by atoms with van der Waals surface area (Å²) in [7, 11) is 0. The van der Waals surface area contributed by atoms with Crippen LogP contribution in [0.2, 0.25) is 0 Å². The molecule has 27 heavy (non-hydrogen) atoms. The topological polar surface area (TPSA) is 58.4 Å². The van der Waals surface area contributed by atoms with Gasteiger partial charge in [-0.2, -0.15) is 0 Å². The first kappa shape index (κ1) is 24.2. The Balaban J connectivity index is 0.00000182. The largest absolute Gasteiger partial charge is 0.352 e. The van der Waals surface area contributed by atoms with E-state index >= 15 is 0 Å². The maximum atomic E-state index is 12.3. The van der Waals surface area contributed by atoms with Crippen molar-refractivity contribution in [2.75, 3.05) is 13.1 Å². The summed E-state index contributed by atoms with van der Waals surface area (Å²) in [5, 5.41) is 3.12. The predicted molar refractivity (Wildman–Crippen MR) is 116 cm³/mol. The van der Waals surface area contributed by atoms with Crippen molar-refractivity contribution in [3.8, 4) is 0 Å². The van der Waals surface area contributed by atoms with Crippen LogP contribution in [0.15, 0.2) is 24.3 Å². The summed E-state index contributed by atoms with van der Waals surface area (Å²) in [6, 6.07) is 8.72. The van der Waals surface area contributed by atoms with Crippen LogP contribution in [0.5, 0.6) is 0 Å². The van der Waals surface area contributed by atoms with Crippen molar-refractivity contribution in [1.29, 1.82) is 0 Å². The highest BCUT2D eigenvalue weighted by molar-refractivity contribution is 5.85. The number of likely N-dealkylation sites (tertiary alicyclic amines) is 1. The van der Waals surface area contributed by atoms with Gasteiger partial charge in [0.2, 0.25) is 5.91 Å². The van der Waals surface area contributed by atoms with E-state index in [2.05, 4.69) is 41.4 Å². The van der Waals surface area contributed by atoms with E-state index in [0.717, 1.165) is 31.7 Å². The third-order valence-corrected chi connectivity index (χ3v) is 6.03. The van der Waals surface area contributed by atoms with Crippen molar-refractivity contribution in [2.24, 2.45) is 17.6 Å². The quantitative estimate of drug-likeness (QED) is 0.740. The smallest absolute Gasteiger partial charge is 0.220 e. The molecule has 0 radical (unpaired) electrons. The van der Waals surface area contributed by atoms with Gasteiger partial charge in [-0.15, -0.1) is 24.8 Å². The molecule has 1 aliphatic heterocycles. The molecule has 3 rings (SSSR count). The summed E-state index contributed by atoms with van der Waals surface area (Å²) in [5.41, 5.74) is 8.67. The number of carbonyl (C=O) groups excluding carboxylic acids is 1. The molecule has 1 saturated heterocycles. The average molecular weight is 416 g/mol. The number of benzene rings is 1. The van der Waals surface area contributed by atoms with E-state index in [1.165, 1.54) is 37.1 Å². The second-order valence-electron chi connectivity index (χ2n) is 8.06. The van der Waals surface area contributed by atoms with Gasteiger partial charge in [0.05, 0.1) is 0 Å². The van der Waals surface area contributed by atoms with Crippen molar-refractivity contribution in [3.63, 3.8) is 0 Å². The molecule has 2 fully saturated rings. The first-order chi connectivity index (χ1) is 12.1. The number of hydrogen-bond donors (Lipinski definition) is 2. The van der Waals surface area contributed by atoms with Gasteiger partial charge in [-0.05, 0) is 61.7 Å². The molecule has 1 amide bonds. The minimum Gasteiger partial charge on any atom is -0.352 e. The van der Waals surface area contributed by atoms with E-state index in [1.807, 2.05) is 0 Å². The monoisotopic (exact) mass is 415 g/mol. The van der Waals surface area contributed by atoms with Crippen LogP contribution in [-0.2, 0) is 17.9 Å². The Morgan fingerprint density at radius 2 is 1.78 bits per heavy atom. The molecule has 4 nitrogen and oxygen atoms in total. The molecule has 1 aliphatic carbocycles. The molecule has 1 aromatic carbocycles. The van der Waals surface area contributed by atoms with Crippen LogP contribution in [0.3, 0.4) is 0 Å². The predicted octanol–water partition coefficient (Wildman–Crippen LogP) is 3.90. The number of amides is 1. The van der Waals surface area contributed by atoms with E-state index in [4.69, 9.17) is 5.73 Å². The molecule has 2 aliphatic rings. The third kappa shape index (κ3) is 7.26. The van der Waals surface area contributed by atoms with Gasteiger partial charge in [0.1, 0.15) is 0 Å². The van der Waals surface area contributed by atoms with E-state index in [-0.39, 0.29) is 36.8 Å². The molecule has 0 spiro atoms. The normalized spacial score (nSPS) is 23.3. The van der Waals surface area contributed by atoms with Crippen LogP contribution in [0.4, 0.5) is 0 Å². The molecule has 1 aromatic rings. The molecular formula is C21H35Cl2N3O. The van der Waals surface area contributed by atoms with E-state index < -0.39 is 0 Å².